The van der Waals surface area contributed by atoms with Crippen LogP contribution in [0, 0.1) is 11.7 Å². The van der Waals surface area contributed by atoms with Crippen molar-refractivity contribution in [1.82, 2.24) is 14.2 Å². The van der Waals surface area contributed by atoms with Crippen LogP contribution in [0.2, 0.25) is 5.02 Å². The summed E-state index contributed by atoms with van der Waals surface area (Å²) < 4.78 is 3.25. The van der Waals surface area contributed by atoms with Crippen molar-refractivity contribution in [3.63, 3.8) is 0 Å². The number of carbonyl (C=O) groups is 1. The van der Waals surface area contributed by atoms with E-state index in [1.165, 1.54) is 4.68 Å². The fraction of sp³-hybridized carbons (Fsp3) is 0.0714. The Hall–Kier alpha value is -1.98. The summed E-state index contributed by atoms with van der Waals surface area (Å²) in [5.41, 5.74) is 2.22. The largest absolute Gasteiger partial charge is 0.279 e. The van der Waals surface area contributed by atoms with Crippen molar-refractivity contribution in [1.29, 1.82) is 0 Å². The molecule has 1 aromatic carbocycles. The van der Waals surface area contributed by atoms with E-state index in [9.17, 15) is 4.79 Å². The summed E-state index contributed by atoms with van der Waals surface area (Å²) in [6.07, 6.45) is 1.78. The highest BCUT2D eigenvalue weighted by Gasteiger charge is 2.14. The van der Waals surface area contributed by atoms with Gasteiger partial charge in [0.2, 0.25) is 4.77 Å². The predicted octanol–water partition coefficient (Wildman–Crippen LogP) is 3.52. The number of aromatic nitrogens is 3. The highest BCUT2D eigenvalue weighted by Crippen LogP contribution is 2.13. The summed E-state index contributed by atoms with van der Waals surface area (Å²) in [5.74, 6) is -0.233. The van der Waals surface area contributed by atoms with Crippen LogP contribution < -0.4 is 0 Å². The molecule has 0 N–H and O–H groups in total. The van der Waals surface area contributed by atoms with Crippen molar-refractivity contribution in [3.05, 3.63) is 63.5 Å². The van der Waals surface area contributed by atoms with Crippen LogP contribution >= 0.6 is 23.8 Å². The summed E-state index contributed by atoms with van der Waals surface area (Å²) in [6.45, 7) is 1.96. The number of halogens is 1. The Balaban J connectivity index is 2.19. The lowest BCUT2D eigenvalue weighted by Crippen LogP contribution is -2.17. The van der Waals surface area contributed by atoms with Crippen LogP contribution in [0.4, 0.5) is 0 Å². The zero-order valence-electron chi connectivity index (χ0n) is 10.6. The molecule has 0 bridgehead atoms. The van der Waals surface area contributed by atoms with Gasteiger partial charge in [0.05, 0.1) is 0 Å². The lowest BCUT2D eigenvalue weighted by atomic mass is 10.2. The number of benzene rings is 1. The molecule has 0 saturated heterocycles. The van der Waals surface area contributed by atoms with E-state index in [1.807, 2.05) is 19.1 Å². The Labute approximate surface area is 125 Å². The number of hydrogen-bond donors (Lipinski definition) is 0. The molecular formula is C14H10ClN3OS. The Morgan fingerprint density at radius 2 is 1.95 bits per heavy atom. The van der Waals surface area contributed by atoms with E-state index in [-0.39, 0.29) is 10.7 Å². The van der Waals surface area contributed by atoms with Gasteiger partial charge in [0.25, 0.3) is 5.91 Å². The third-order valence-corrected chi connectivity index (χ3v) is 3.48. The van der Waals surface area contributed by atoms with Crippen molar-refractivity contribution in [3.8, 4) is 0 Å². The number of aryl methyl sites for hydroxylation is 1. The van der Waals surface area contributed by atoms with Gasteiger partial charge in [-0.3, -0.25) is 4.79 Å². The van der Waals surface area contributed by atoms with Crippen LogP contribution in [0.25, 0.3) is 5.65 Å². The summed E-state index contributed by atoms with van der Waals surface area (Å²) in [6, 6.07) is 10.5. The first-order valence-corrected chi connectivity index (χ1v) is 6.73. The normalized spacial score (nSPS) is 10.9. The van der Waals surface area contributed by atoms with E-state index in [2.05, 4.69) is 4.98 Å². The van der Waals surface area contributed by atoms with Crippen molar-refractivity contribution < 1.29 is 4.79 Å². The van der Waals surface area contributed by atoms with Gasteiger partial charge in [-0.1, -0.05) is 11.6 Å². The number of pyridine rings is 1. The Bertz CT molecular complexity index is 864. The molecule has 0 spiro atoms. The van der Waals surface area contributed by atoms with Crippen molar-refractivity contribution >= 4 is 35.4 Å². The van der Waals surface area contributed by atoms with Gasteiger partial charge >= 0.3 is 0 Å². The summed E-state index contributed by atoms with van der Waals surface area (Å²) in [5, 5.41) is 0.582. The third kappa shape index (κ3) is 2.15. The van der Waals surface area contributed by atoms with Gasteiger partial charge in [0.15, 0.2) is 5.65 Å². The molecule has 6 heteroatoms. The van der Waals surface area contributed by atoms with Gasteiger partial charge in [0, 0.05) is 16.8 Å². The molecule has 2 heterocycles. The minimum atomic E-state index is -0.233. The van der Waals surface area contributed by atoms with Gasteiger partial charge in [0.1, 0.15) is 0 Å². The zero-order valence-corrected chi connectivity index (χ0v) is 12.1. The first kappa shape index (κ1) is 13.0. The lowest BCUT2D eigenvalue weighted by Gasteiger charge is -2.05. The van der Waals surface area contributed by atoms with Crippen LogP contribution in [0.5, 0.6) is 0 Å². The molecule has 0 aliphatic carbocycles. The molecular weight excluding hydrogens is 294 g/mol. The zero-order chi connectivity index (χ0) is 14.3. The van der Waals surface area contributed by atoms with Gasteiger partial charge < -0.3 is 0 Å². The maximum atomic E-state index is 12.5. The topological polar surface area (TPSA) is 39.3 Å². The third-order valence-electron chi connectivity index (χ3n) is 2.96. The summed E-state index contributed by atoms with van der Waals surface area (Å²) in [7, 11) is 0. The smallest absolute Gasteiger partial charge is 0.267 e. The van der Waals surface area contributed by atoms with E-state index < -0.39 is 0 Å². The van der Waals surface area contributed by atoms with Crippen LogP contribution in [0.3, 0.4) is 0 Å². The molecule has 0 atom stereocenters. The van der Waals surface area contributed by atoms with Crippen molar-refractivity contribution in [2.24, 2.45) is 0 Å². The molecule has 0 aliphatic heterocycles. The second-order valence-corrected chi connectivity index (χ2v) is 5.23. The van der Waals surface area contributed by atoms with Gasteiger partial charge in [-0.25, -0.2) is 4.52 Å². The monoisotopic (exact) mass is 303 g/mol. The van der Waals surface area contributed by atoms with E-state index in [1.54, 1.807) is 35.0 Å². The Morgan fingerprint density at radius 1 is 1.25 bits per heavy atom. The lowest BCUT2D eigenvalue weighted by molar-refractivity contribution is 0.0938. The van der Waals surface area contributed by atoms with E-state index in [0.717, 1.165) is 5.56 Å². The predicted molar refractivity (Wildman–Crippen MR) is 79.9 cm³/mol. The van der Waals surface area contributed by atoms with E-state index >= 15 is 0 Å². The molecule has 0 unspecified atom stereocenters. The molecule has 20 heavy (non-hydrogen) atoms. The molecule has 4 nitrogen and oxygen atoms in total. The number of hydrogen-bond acceptors (Lipinski definition) is 3. The van der Waals surface area contributed by atoms with E-state index in [4.69, 9.17) is 23.8 Å². The number of rotatable bonds is 1. The fourth-order valence-electron chi connectivity index (χ4n) is 1.97. The standard InChI is InChI=1S/C14H10ClN3OS/c1-9-6-7-17-12(8-9)16-14(20)18(17)13(19)10-2-4-11(15)5-3-10/h2-8H,1H3. The second kappa shape index (κ2) is 4.85. The number of fused-ring (bicyclic) bond motifs is 1. The second-order valence-electron chi connectivity index (χ2n) is 4.43. The molecule has 0 aliphatic rings. The highest BCUT2D eigenvalue weighted by molar-refractivity contribution is 7.71. The SMILES string of the molecule is Cc1ccn2c(c1)nc(=S)n2C(=O)c1ccc(Cl)cc1. The Kier molecular flexibility index (Phi) is 3.16. The molecule has 2 aromatic heterocycles. The number of carbonyl (C=O) groups excluding carboxylic acids is 1. The molecule has 0 radical (unpaired) electrons. The minimum absolute atomic E-state index is 0.232. The summed E-state index contributed by atoms with van der Waals surface area (Å²) in [4.78, 5) is 16.8. The maximum absolute atomic E-state index is 12.5. The highest BCUT2D eigenvalue weighted by atomic mass is 35.5. The average molecular weight is 304 g/mol. The molecule has 0 amide bonds. The van der Waals surface area contributed by atoms with Gasteiger partial charge in [-0.15, -0.1) is 0 Å². The molecule has 3 aromatic rings. The quantitative estimate of drug-likeness (QED) is 0.646. The maximum Gasteiger partial charge on any atom is 0.279 e. The van der Waals surface area contributed by atoms with Crippen LogP contribution in [-0.4, -0.2) is 20.1 Å². The van der Waals surface area contributed by atoms with Crippen LogP contribution in [-0.2, 0) is 0 Å². The fourth-order valence-corrected chi connectivity index (χ4v) is 2.36. The number of nitrogens with zero attached hydrogens (tertiary/aromatic N) is 3. The summed E-state index contributed by atoms with van der Waals surface area (Å²) >= 11 is 11.0. The van der Waals surface area contributed by atoms with Gasteiger partial charge in [-0.2, -0.15) is 9.67 Å². The average Bonchev–Trinajstić information content (AvgIpc) is 2.73. The van der Waals surface area contributed by atoms with Crippen molar-refractivity contribution in [2.45, 2.75) is 6.92 Å². The molecule has 100 valence electrons. The molecule has 0 saturated carbocycles. The minimum Gasteiger partial charge on any atom is -0.267 e. The Morgan fingerprint density at radius 3 is 2.65 bits per heavy atom. The molecule has 3 rings (SSSR count). The van der Waals surface area contributed by atoms with Crippen LogP contribution in [0.1, 0.15) is 15.9 Å². The van der Waals surface area contributed by atoms with Crippen LogP contribution in [0.15, 0.2) is 42.6 Å². The first-order valence-electron chi connectivity index (χ1n) is 5.94. The van der Waals surface area contributed by atoms with Gasteiger partial charge in [-0.05, 0) is 61.1 Å². The van der Waals surface area contributed by atoms with E-state index in [0.29, 0.717) is 16.2 Å². The first-order chi connectivity index (χ1) is 9.56. The van der Waals surface area contributed by atoms with Crippen molar-refractivity contribution in [2.75, 3.05) is 0 Å². The molecule has 0 fully saturated rings.